The van der Waals surface area contributed by atoms with Crippen molar-refractivity contribution >= 4 is 17.7 Å². The van der Waals surface area contributed by atoms with Gasteiger partial charge in [0.1, 0.15) is 6.04 Å². The Bertz CT molecular complexity index is 709. The van der Waals surface area contributed by atoms with E-state index >= 15 is 0 Å². The molecule has 0 spiro atoms. The van der Waals surface area contributed by atoms with E-state index in [9.17, 15) is 14.4 Å². The number of fused-ring (bicyclic) bond motifs is 2. The van der Waals surface area contributed by atoms with E-state index < -0.39 is 12.1 Å². The number of carbonyl (C=O) groups excluding carboxylic acids is 3. The Balaban J connectivity index is 1.20. The number of ether oxygens (including phenoxy) is 1. The lowest BCUT2D eigenvalue weighted by molar-refractivity contribution is -0.157. The van der Waals surface area contributed by atoms with Gasteiger partial charge in [0.05, 0.1) is 24.7 Å². The SMILES string of the molecule is C[C@@H]1CN(C(=O)C2CN(C(=O)[C@@H]3CC[C@@H]4C[C@H]5C[C@H]5C[C@H](N)C(=O)N43)C2)CCO1. The molecule has 1 saturated carbocycles. The molecule has 0 radical (unpaired) electrons. The van der Waals surface area contributed by atoms with Gasteiger partial charge in [0.15, 0.2) is 0 Å². The molecule has 0 bridgehead atoms. The smallest absolute Gasteiger partial charge is 0.245 e. The Morgan fingerprint density at radius 3 is 2.52 bits per heavy atom. The molecule has 0 aromatic heterocycles. The van der Waals surface area contributed by atoms with Crippen molar-refractivity contribution in [3.8, 4) is 0 Å². The Kier molecular flexibility index (Phi) is 4.81. The minimum absolute atomic E-state index is 0.000339. The number of rotatable bonds is 2. The number of likely N-dealkylation sites (tertiary alicyclic amines) is 1. The van der Waals surface area contributed by atoms with Gasteiger partial charge in [0.25, 0.3) is 0 Å². The maximum Gasteiger partial charge on any atom is 0.245 e. The van der Waals surface area contributed by atoms with E-state index in [0.717, 1.165) is 25.7 Å². The Morgan fingerprint density at radius 1 is 1.00 bits per heavy atom. The van der Waals surface area contributed by atoms with Crippen LogP contribution in [0.5, 0.6) is 0 Å². The molecule has 0 aromatic rings. The normalized spacial score (nSPS) is 39.9. The van der Waals surface area contributed by atoms with E-state index in [4.69, 9.17) is 10.5 Å². The van der Waals surface area contributed by atoms with Crippen molar-refractivity contribution < 1.29 is 19.1 Å². The molecule has 4 saturated heterocycles. The molecule has 29 heavy (non-hydrogen) atoms. The molecule has 8 nitrogen and oxygen atoms in total. The lowest BCUT2D eigenvalue weighted by Gasteiger charge is -2.44. The molecule has 0 unspecified atom stereocenters. The van der Waals surface area contributed by atoms with Gasteiger partial charge in [0.2, 0.25) is 17.7 Å². The number of hydrogen-bond acceptors (Lipinski definition) is 5. The molecule has 4 aliphatic heterocycles. The first-order valence-electron chi connectivity index (χ1n) is 11.2. The number of nitrogens with zero attached hydrogens (tertiary/aromatic N) is 3. The van der Waals surface area contributed by atoms with Crippen LogP contribution in [0.1, 0.15) is 39.0 Å². The number of nitrogens with two attached hydrogens (primary N) is 1. The highest BCUT2D eigenvalue weighted by Gasteiger charge is 2.52. The van der Waals surface area contributed by atoms with Gasteiger partial charge in [-0.3, -0.25) is 14.4 Å². The van der Waals surface area contributed by atoms with Crippen molar-refractivity contribution in [2.75, 3.05) is 32.8 Å². The Hall–Kier alpha value is -1.67. The standard InChI is InChI=1S/C21H32N4O4/c1-12-9-23(4-5-29-12)19(26)15-10-24(11-15)21(28)18-3-2-16-7-13-6-14(13)8-17(22)20(27)25(16)18/h12-18H,2-11,22H2,1H3/t12-,13-,14+,16-,17+,18+/m1/s1. The zero-order valence-electron chi connectivity index (χ0n) is 17.2. The maximum absolute atomic E-state index is 13.2. The Labute approximate surface area is 171 Å². The highest BCUT2D eigenvalue weighted by molar-refractivity contribution is 5.92. The summed E-state index contributed by atoms with van der Waals surface area (Å²) >= 11 is 0. The minimum Gasteiger partial charge on any atom is -0.375 e. The predicted octanol–water partition coefficient (Wildman–Crippen LogP) is -0.191. The van der Waals surface area contributed by atoms with E-state index in [0.29, 0.717) is 44.6 Å². The molecule has 5 aliphatic rings. The van der Waals surface area contributed by atoms with E-state index in [1.165, 1.54) is 6.42 Å². The highest BCUT2D eigenvalue weighted by Crippen LogP contribution is 2.49. The van der Waals surface area contributed by atoms with Crippen molar-refractivity contribution in [1.82, 2.24) is 14.7 Å². The lowest BCUT2D eigenvalue weighted by atomic mass is 9.96. The molecular formula is C21H32N4O4. The van der Waals surface area contributed by atoms with E-state index in [2.05, 4.69) is 0 Å². The third-order valence-corrected chi connectivity index (χ3v) is 7.65. The fourth-order valence-corrected chi connectivity index (χ4v) is 5.85. The van der Waals surface area contributed by atoms with Crippen LogP contribution < -0.4 is 5.73 Å². The van der Waals surface area contributed by atoms with Crippen LogP contribution in [0.4, 0.5) is 0 Å². The molecule has 4 heterocycles. The fraction of sp³-hybridized carbons (Fsp3) is 0.857. The third-order valence-electron chi connectivity index (χ3n) is 7.65. The quantitative estimate of drug-likeness (QED) is 0.688. The van der Waals surface area contributed by atoms with Crippen LogP contribution in [0.2, 0.25) is 0 Å². The molecular weight excluding hydrogens is 372 g/mol. The third kappa shape index (κ3) is 3.44. The summed E-state index contributed by atoms with van der Waals surface area (Å²) in [6, 6.07) is -0.713. The second-order valence-corrected chi connectivity index (χ2v) is 9.73. The predicted molar refractivity (Wildman–Crippen MR) is 105 cm³/mol. The van der Waals surface area contributed by atoms with Gasteiger partial charge in [-0.25, -0.2) is 0 Å². The van der Waals surface area contributed by atoms with Crippen LogP contribution >= 0.6 is 0 Å². The summed E-state index contributed by atoms with van der Waals surface area (Å²) in [7, 11) is 0. The van der Waals surface area contributed by atoms with Crippen molar-refractivity contribution in [2.45, 2.75) is 63.3 Å². The summed E-state index contributed by atoms with van der Waals surface area (Å²) in [4.78, 5) is 44.3. The van der Waals surface area contributed by atoms with Gasteiger partial charge in [0, 0.05) is 32.2 Å². The molecule has 2 N–H and O–H groups in total. The van der Waals surface area contributed by atoms with Crippen LogP contribution in [0, 0.1) is 17.8 Å². The van der Waals surface area contributed by atoms with Gasteiger partial charge in [-0.15, -0.1) is 0 Å². The number of hydrogen-bond donors (Lipinski definition) is 1. The zero-order chi connectivity index (χ0) is 20.3. The van der Waals surface area contributed by atoms with Crippen molar-refractivity contribution in [2.24, 2.45) is 23.5 Å². The average molecular weight is 405 g/mol. The minimum atomic E-state index is -0.477. The number of carbonyl (C=O) groups is 3. The number of amides is 3. The summed E-state index contributed by atoms with van der Waals surface area (Å²) in [5.74, 6) is 1.23. The first-order valence-corrected chi connectivity index (χ1v) is 11.2. The van der Waals surface area contributed by atoms with Gasteiger partial charge in [-0.1, -0.05) is 0 Å². The van der Waals surface area contributed by atoms with Gasteiger partial charge in [-0.05, 0) is 50.9 Å². The highest BCUT2D eigenvalue weighted by atomic mass is 16.5. The first kappa shape index (κ1) is 19.3. The molecule has 160 valence electrons. The van der Waals surface area contributed by atoms with Crippen LogP contribution in [0.25, 0.3) is 0 Å². The van der Waals surface area contributed by atoms with Gasteiger partial charge in [-0.2, -0.15) is 0 Å². The first-order chi connectivity index (χ1) is 13.9. The van der Waals surface area contributed by atoms with E-state index in [-0.39, 0.29) is 35.8 Å². The molecule has 6 atom stereocenters. The van der Waals surface area contributed by atoms with Crippen molar-refractivity contribution in [1.29, 1.82) is 0 Å². The van der Waals surface area contributed by atoms with Crippen molar-refractivity contribution in [3.05, 3.63) is 0 Å². The largest absolute Gasteiger partial charge is 0.375 e. The topological polar surface area (TPSA) is 96.2 Å². The van der Waals surface area contributed by atoms with Gasteiger partial charge < -0.3 is 25.2 Å². The summed E-state index contributed by atoms with van der Waals surface area (Å²) in [5.41, 5.74) is 6.18. The van der Waals surface area contributed by atoms with Crippen molar-refractivity contribution in [3.63, 3.8) is 0 Å². The monoisotopic (exact) mass is 404 g/mol. The van der Waals surface area contributed by atoms with E-state index in [1.807, 2.05) is 16.7 Å². The van der Waals surface area contributed by atoms with Crippen LogP contribution in [-0.2, 0) is 19.1 Å². The summed E-state index contributed by atoms with van der Waals surface area (Å²) in [5, 5.41) is 0. The second kappa shape index (κ2) is 7.23. The molecule has 8 heteroatoms. The summed E-state index contributed by atoms with van der Waals surface area (Å²) < 4.78 is 5.51. The second-order valence-electron chi connectivity index (χ2n) is 9.73. The fourth-order valence-electron chi connectivity index (χ4n) is 5.85. The van der Waals surface area contributed by atoms with Crippen LogP contribution in [0.3, 0.4) is 0 Å². The average Bonchev–Trinajstić information content (AvgIpc) is 3.22. The van der Waals surface area contributed by atoms with Crippen LogP contribution in [0.15, 0.2) is 0 Å². The summed E-state index contributed by atoms with van der Waals surface area (Å²) in [6.45, 7) is 4.72. The molecule has 5 rings (SSSR count). The lowest BCUT2D eigenvalue weighted by Crippen LogP contribution is -2.62. The summed E-state index contributed by atoms with van der Waals surface area (Å²) in [6.07, 6.45) is 4.62. The molecule has 3 amide bonds. The van der Waals surface area contributed by atoms with E-state index in [1.54, 1.807) is 4.90 Å². The molecule has 1 aliphatic carbocycles. The molecule has 0 aromatic carbocycles. The zero-order valence-corrected chi connectivity index (χ0v) is 17.2. The van der Waals surface area contributed by atoms with Crippen LogP contribution in [-0.4, -0.2) is 89.4 Å². The number of morpholine rings is 1. The molecule has 5 fully saturated rings. The maximum atomic E-state index is 13.2. The Morgan fingerprint density at radius 2 is 1.76 bits per heavy atom. The van der Waals surface area contributed by atoms with Gasteiger partial charge >= 0.3 is 0 Å².